The van der Waals surface area contributed by atoms with Gasteiger partial charge in [-0.3, -0.25) is 4.79 Å². The predicted molar refractivity (Wildman–Crippen MR) is 72.3 cm³/mol. The molecule has 1 aromatic rings. The van der Waals surface area contributed by atoms with Crippen molar-refractivity contribution in [1.82, 2.24) is 4.90 Å². The average Bonchev–Trinajstić information content (AvgIpc) is 2.30. The van der Waals surface area contributed by atoms with E-state index < -0.39 is 0 Å². The topological polar surface area (TPSA) is 20.3 Å². The van der Waals surface area contributed by atoms with Crippen molar-refractivity contribution in [3.8, 4) is 0 Å². The van der Waals surface area contributed by atoms with E-state index in [0.29, 0.717) is 0 Å². The van der Waals surface area contributed by atoms with Crippen molar-refractivity contribution in [2.45, 2.75) is 46.6 Å². The number of benzene rings is 1. The van der Waals surface area contributed by atoms with E-state index in [1.165, 1.54) is 5.56 Å². The second kappa shape index (κ2) is 5.35. The third kappa shape index (κ3) is 3.09. The maximum atomic E-state index is 12.4. The van der Waals surface area contributed by atoms with Crippen LogP contribution in [-0.4, -0.2) is 22.9 Å². The summed E-state index contributed by atoms with van der Waals surface area (Å²) in [6.45, 7) is 11.1. The number of nitrogens with zero attached hydrogens (tertiary/aromatic N) is 1. The lowest BCUT2D eigenvalue weighted by molar-refractivity contribution is 0.0557. The van der Waals surface area contributed by atoms with E-state index in [1.54, 1.807) is 0 Å². The molecule has 0 saturated carbocycles. The fraction of sp³-hybridized carbons (Fsp3) is 0.533. The highest BCUT2D eigenvalue weighted by molar-refractivity contribution is 5.94. The minimum atomic E-state index is -0.0866. The molecular weight excluding hydrogens is 210 g/mol. The number of carbonyl (C=O) groups is 1. The molecule has 0 aromatic heterocycles. The van der Waals surface area contributed by atoms with Crippen molar-refractivity contribution in [1.29, 1.82) is 0 Å². The van der Waals surface area contributed by atoms with Gasteiger partial charge in [0.2, 0.25) is 0 Å². The van der Waals surface area contributed by atoms with Gasteiger partial charge in [-0.2, -0.15) is 0 Å². The highest BCUT2D eigenvalue weighted by atomic mass is 16.2. The number of hydrogen-bond acceptors (Lipinski definition) is 1. The molecule has 0 radical (unpaired) electrons. The highest BCUT2D eigenvalue weighted by Crippen LogP contribution is 2.21. The van der Waals surface area contributed by atoms with Crippen LogP contribution in [0.15, 0.2) is 24.3 Å². The van der Waals surface area contributed by atoms with Crippen molar-refractivity contribution in [3.63, 3.8) is 0 Å². The van der Waals surface area contributed by atoms with Crippen LogP contribution in [0.2, 0.25) is 0 Å². The maximum absolute atomic E-state index is 12.4. The number of hydrogen-bond donors (Lipinski definition) is 0. The fourth-order valence-corrected chi connectivity index (χ4v) is 1.89. The molecule has 0 unspecified atom stereocenters. The first-order valence-corrected chi connectivity index (χ1v) is 6.31. The number of carbonyl (C=O) groups excluding carboxylic acids is 1. The Kier molecular flexibility index (Phi) is 4.33. The molecule has 2 nitrogen and oxygen atoms in total. The third-order valence-electron chi connectivity index (χ3n) is 3.46. The van der Waals surface area contributed by atoms with Crippen LogP contribution in [0.25, 0.3) is 0 Å². The Bertz CT molecular complexity index is 378. The monoisotopic (exact) mass is 233 g/mol. The Labute approximate surface area is 105 Å². The Hall–Kier alpha value is -1.31. The average molecular weight is 233 g/mol. The van der Waals surface area contributed by atoms with Crippen molar-refractivity contribution >= 4 is 5.91 Å². The van der Waals surface area contributed by atoms with Gasteiger partial charge in [-0.15, -0.1) is 0 Å². The summed E-state index contributed by atoms with van der Waals surface area (Å²) in [4.78, 5) is 14.4. The molecule has 2 heteroatoms. The molecule has 0 aliphatic heterocycles. The summed E-state index contributed by atoms with van der Waals surface area (Å²) in [5, 5.41) is 0. The second-order valence-electron chi connectivity index (χ2n) is 5.08. The van der Waals surface area contributed by atoms with Gasteiger partial charge >= 0.3 is 0 Å². The standard InChI is InChI=1S/C15H23NO/c1-6-15(4,5)16(7-2)14(17)13-10-8-12(3)9-11-13/h8-11H,6-7H2,1-5H3. The molecule has 0 saturated heterocycles. The van der Waals surface area contributed by atoms with Crippen LogP contribution in [0.4, 0.5) is 0 Å². The van der Waals surface area contributed by atoms with E-state index in [1.807, 2.05) is 43.0 Å². The summed E-state index contributed by atoms with van der Waals surface area (Å²) in [6.07, 6.45) is 0.957. The quantitative estimate of drug-likeness (QED) is 0.777. The van der Waals surface area contributed by atoms with Crippen LogP contribution < -0.4 is 0 Å². The normalized spacial score (nSPS) is 11.4. The van der Waals surface area contributed by atoms with E-state index >= 15 is 0 Å². The Morgan fingerprint density at radius 3 is 2.12 bits per heavy atom. The SMILES string of the molecule is CCN(C(=O)c1ccc(C)cc1)C(C)(C)CC. The van der Waals surface area contributed by atoms with E-state index in [0.717, 1.165) is 18.5 Å². The summed E-state index contributed by atoms with van der Waals surface area (Å²) >= 11 is 0. The molecule has 0 aliphatic carbocycles. The van der Waals surface area contributed by atoms with Crippen LogP contribution in [0.5, 0.6) is 0 Å². The van der Waals surface area contributed by atoms with Crippen molar-refractivity contribution < 1.29 is 4.79 Å². The van der Waals surface area contributed by atoms with E-state index in [2.05, 4.69) is 20.8 Å². The first-order valence-electron chi connectivity index (χ1n) is 6.31. The molecule has 1 rings (SSSR count). The van der Waals surface area contributed by atoms with Crippen LogP contribution in [0.3, 0.4) is 0 Å². The zero-order valence-corrected chi connectivity index (χ0v) is 11.6. The van der Waals surface area contributed by atoms with Crippen molar-refractivity contribution in [2.24, 2.45) is 0 Å². The molecule has 0 atom stereocenters. The van der Waals surface area contributed by atoms with Crippen LogP contribution >= 0.6 is 0 Å². The summed E-state index contributed by atoms with van der Waals surface area (Å²) in [5.41, 5.74) is 1.87. The first-order chi connectivity index (χ1) is 7.92. The Morgan fingerprint density at radius 2 is 1.71 bits per heavy atom. The van der Waals surface area contributed by atoms with E-state index in [9.17, 15) is 4.79 Å². The van der Waals surface area contributed by atoms with Gasteiger partial charge < -0.3 is 4.90 Å². The zero-order chi connectivity index (χ0) is 13.1. The number of aryl methyl sites for hydroxylation is 1. The molecule has 0 bridgehead atoms. The van der Waals surface area contributed by atoms with Crippen molar-refractivity contribution in [3.05, 3.63) is 35.4 Å². The molecule has 0 fully saturated rings. The molecule has 0 N–H and O–H groups in total. The van der Waals surface area contributed by atoms with Gasteiger partial charge in [0.15, 0.2) is 0 Å². The summed E-state index contributed by atoms with van der Waals surface area (Å²) in [6, 6.07) is 7.79. The van der Waals surface area contributed by atoms with Gasteiger partial charge in [0.1, 0.15) is 0 Å². The summed E-state index contributed by atoms with van der Waals surface area (Å²) in [7, 11) is 0. The molecule has 0 aliphatic rings. The van der Waals surface area contributed by atoms with Gasteiger partial charge in [-0.1, -0.05) is 24.6 Å². The Morgan fingerprint density at radius 1 is 1.18 bits per heavy atom. The number of rotatable bonds is 4. The third-order valence-corrected chi connectivity index (χ3v) is 3.46. The lowest BCUT2D eigenvalue weighted by atomic mass is 9.98. The van der Waals surface area contributed by atoms with Crippen molar-refractivity contribution in [2.75, 3.05) is 6.54 Å². The zero-order valence-electron chi connectivity index (χ0n) is 11.6. The van der Waals surface area contributed by atoms with E-state index in [-0.39, 0.29) is 11.4 Å². The predicted octanol–water partition coefficient (Wildman–Crippen LogP) is 3.65. The first kappa shape index (κ1) is 13.8. The van der Waals surface area contributed by atoms with E-state index in [4.69, 9.17) is 0 Å². The van der Waals surface area contributed by atoms with Gasteiger partial charge in [-0.25, -0.2) is 0 Å². The smallest absolute Gasteiger partial charge is 0.254 e. The van der Waals surface area contributed by atoms with Gasteiger partial charge in [-0.05, 0) is 46.2 Å². The lowest BCUT2D eigenvalue weighted by Gasteiger charge is -2.37. The molecular formula is C15H23NO. The van der Waals surface area contributed by atoms with Crippen LogP contribution in [-0.2, 0) is 0 Å². The molecule has 0 spiro atoms. The maximum Gasteiger partial charge on any atom is 0.254 e. The molecule has 1 amide bonds. The number of amides is 1. The fourth-order valence-electron chi connectivity index (χ4n) is 1.89. The Balaban J connectivity index is 2.98. The molecule has 0 heterocycles. The lowest BCUT2D eigenvalue weighted by Crippen LogP contribution is -2.47. The highest BCUT2D eigenvalue weighted by Gasteiger charge is 2.28. The van der Waals surface area contributed by atoms with Crippen LogP contribution in [0.1, 0.15) is 50.0 Å². The minimum absolute atomic E-state index is 0.0866. The molecule has 17 heavy (non-hydrogen) atoms. The molecule has 94 valence electrons. The summed E-state index contributed by atoms with van der Waals surface area (Å²) < 4.78 is 0. The molecule has 1 aromatic carbocycles. The minimum Gasteiger partial charge on any atom is -0.334 e. The largest absolute Gasteiger partial charge is 0.334 e. The second-order valence-corrected chi connectivity index (χ2v) is 5.08. The van der Waals surface area contributed by atoms with Gasteiger partial charge in [0.05, 0.1) is 0 Å². The van der Waals surface area contributed by atoms with Gasteiger partial charge in [0.25, 0.3) is 5.91 Å². The van der Waals surface area contributed by atoms with Crippen LogP contribution in [0, 0.1) is 6.92 Å². The van der Waals surface area contributed by atoms with Gasteiger partial charge in [0, 0.05) is 17.6 Å². The summed E-state index contributed by atoms with van der Waals surface area (Å²) in [5.74, 6) is 0.124.